The molecule has 1 fully saturated rings. The fraction of sp³-hybridized carbons (Fsp3) is 0.429. The first kappa shape index (κ1) is 16.7. The molecule has 1 aromatic heterocycles. The number of benzene rings is 1. The third-order valence-corrected chi connectivity index (χ3v) is 4.81. The van der Waals surface area contributed by atoms with E-state index in [9.17, 15) is 4.79 Å². The Morgan fingerprint density at radius 3 is 2.79 bits per heavy atom. The Morgan fingerprint density at radius 1 is 1.21 bits per heavy atom. The summed E-state index contributed by atoms with van der Waals surface area (Å²) < 4.78 is 0. The number of carbonyl (C=O) groups is 1. The Labute approximate surface area is 144 Å². The average Bonchev–Trinajstić information content (AvgIpc) is 2.54. The number of hydrogen-bond acceptors (Lipinski definition) is 2. The van der Waals surface area contributed by atoms with Crippen molar-refractivity contribution < 1.29 is 4.79 Å². The lowest BCUT2D eigenvalue weighted by molar-refractivity contribution is -0.130. The molecule has 0 spiro atoms. The Hall–Kier alpha value is -2.16. The lowest BCUT2D eigenvalue weighted by Crippen LogP contribution is -2.37. The first-order valence-corrected chi connectivity index (χ1v) is 8.80. The molecule has 1 aliphatic rings. The van der Waals surface area contributed by atoms with E-state index in [4.69, 9.17) is 4.98 Å². The van der Waals surface area contributed by atoms with Crippen molar-refractivity contribution in [2.45, 2.75) is 46.0 Å². The molecule has 24 heavy (non-hydrogen) atoms. The van der Waals surface area contributed by atoms with Crippen molar-refractivity contribution in [2.24, 2.45) is 0 Å². The van der Waals surface area contributed by atoms with E-state index in [2.05, 4.69) is 50.2 Å². The summed E-state index contributed by atoms with van der Waals surface area (Å²) in [5.41, 5.74) is 6.14. The lowest BCUT2D eigenvalue weighted by atomic mass is 9.92. The van der Waals surface area contributed by atoms with Crippen molar-refractivity contribution in [1.29, 1.82) is 0 Å². The van der Waals surface area contributed by atoms with Crippen LogP contribution in [0.1, 0.15) is 53.8 Å². The van der Waals surface area contributed by atoms with E-state index in [1.165, 1.54) is 16.7 Å². The van der Waals surface area contributed by atoms with Crippen molar-refractivity contribution in [2.75, 3.05) is 13.1 Å². The zero-order valence-electron chi connectivity index (χ0n) is 14.9. The number of rotatable bonds is 3. The van der Waals surface area contributed by atoms with E-state index in [-0.39, 0.29) is 5.91 Å². The first-order valence-electron chi connectivity index (χ1n) is 8.80. The van der Waals surface area contributed by atoms with Crippen molar-refractivity contribution in [1.82, 2.24) is 9.88 Å². The lowest BCUT2D eigenvalue weighted by Gasteiger charge is -2.32. The van der Waals surface area contributed by atoms with E-state index in [1.807, 2.05) is 4.90 Å². The maximum absolute atomic E-state index is 11.7. The smallest absolute Gasteiger partial charge is 0.219 e. The van der Waals surface area contributed by atoms with Crippen LogP contribution in [0.2, 0.25) is 0 Å². The van der Waals surface area contributed by atoms with Gasteiger partial charge in [0, 0.05) is 37.3 Å². The van der Waals surface area contributed by atoms with E-state index >= 15 is 0 Å². The van der Waals surface area contributed by atoms with Crippen LogP contribution in [-0.4, -0.2) is 28.9 Å². The second-order valence-corrected chi connectivity index (χ2v) is 7.01. The minimum absolute atomic E-state index is 0.173. The Bertz CT molecular complexity index is 738. The summed E-state index contributed by atoms with van der Waals surface area (Å²) in [6.45, 7) is 7.54. The summed E-state index contributed by atoms with van der Waals surface area (Å²) in [5, 5.41) is 0. The largest absolute Gasteiger partial charge is 0.342 e. The summed E-state index contributed by atoms with van der Waals surface area (Å²) in [4.78, 5) is 18.4. The number of carbonyl (C=O) groups excluding carboxylic acids is 1. The average molecular weight is 322 g/mol. The molecule has 1 atom stereocenters. The monoisotopic (exact) mass is 322 g/mol. The highest BCUT2D eigenvalue weighted by molar-refractivity contribution is 5.73. The number of nitrogens with zero attached hydrogens (tertiary/aromatic N) is 2. The molecule has 1 aromatic carbocycles. The predicted octanol–water partition coefficient (Wildman–Crippen LogP) is 4.02. The molecule has 3 rings (SSSR count). The maximum atomic E-state index is 11.7. The van der Waals surface area contributed by atoms with Crippen molar-refractivity contribution >= 4 is 5.91 Å². The van der Waals surface area contributed by atoms with Crippen LogP contribution in [0.15, 0.2) is 36.4 Å². The third-order valence-electron chi connectivity index (χ3n) is 4.81. The van der Waals surface area contributed by atoms with Gasteiger partial charge in [-0.3, -0.25) is 9.78 Å². The number of aromatic nitrogens is 1. The van der Waals surface area contributed by atoms with E-state index in [1.54, 1.807) is 6.92 Å². The molecule has 1 amide bonds. The van der Waals surface area contributed by atoms with E-state index < -0.39 is 0 Å². The highest BCUT2D eigenvalue weighted by Crippen LogP contribution is 2.27. The van der Waals surface area contributed by atoms with Crippen LogP contribution in [0.4, 0.5) is 0 Å². The van der Waals surface area contributed by atoms with Gasteiger partial charge < -0.3 is 4.90 Å². The summed E-state index contributed by atoms with van der Waals surface area (Å²) in [6.07, 6.45) is 3.11. The van der Waals surface area contributed by atoms with Crippen molar-refractivity contribution in [3.63, 3.8) is 0 Å². The fourth-order valence-corrected chi connectivity index (χ4v) is 3.64. The molecular weight excluding hydrogens is 296 g/mol. The summed E-state index contributed by atoms with van der Waals surface area (Å²) >= 11 is 0. The quantitative estimate of drug-likeness (QED) is 0.855. The molecule has 3 heteroatoms. The number of likely N-dealkylation sites (tertiary alicyclic amines) is 1. The van der Waals surface area contributed by atoms with Gasteiger partial charge in [-0.2, -0.15) is 0 Å². The molecule has 0 aliphatic carbocycles. The van der Waals surface area contributed by atoms with Crippen LogP contribution < -0.4 is 0 Å². The number of aryl methyl sites for hydroxylation is 2. The van der Waals surface area contributed by atoms with Crippen molar-refractivity contribution in [3.8, 4) is 0 Å². The summed E-state index contributed by atoms with van der Waals surface area (Å²) in [7, 11) is 0. The van der Waals surface area contributed by atoms with Crippen LogP contribution in [0.3, 0.4) is 0 Å². The Kier molecular flexibility index (Phi) is 4.98. The molecule has 0 N–H and O–H groups in total. The second kappa shape index (κ2) is 7.16. The fourth-order valence-electron chi connectivity index (χ4n) is 3.64. The summed E-state index contributed by atoms with van der Waals surface area (Å²) in [5.74, 6) is 0.533. The summed E-state index contributed by atoms with van der Waals surface area (Å²) in [6, 6.07) is 13.1. The van der Waals surface area contributed by atoms with Crippen LogP contribution in [-0.2, 0) is 11.2 Å². The minimum atomic E-state index is 0.173. The molecule has 0 saturated carbocycles. The SMILES string of the molecule is CC(=O)N1CCC[C@@H](c2cc(Cc3cccc(C)c3)cc(C)n2)C1. The third kappa shape index (κ3) is 4.02. The van der Waals surface area contributed by atoms with Gasteiger partial charge in [-0.1, -0.05) is 29.8 Å². The van der Waals surface area contributed by atoms with Gasteiger partial charge in [0.15, 0.2) is 0 Å². The molecule has 0 unspecified atom stereocenters. The number of piperidine rings is 1. The number of pyridine rings is 1. The molecule has 1 saturated heterocycles. The molecule has 1 aliphatic heterocycles. The van der Waals surface area contributed by atoms with Gasteiger partial charge in [0.1, 0.15) is 0 Å². The zero-order chi connectivity index (χ0) is 17.1. The zero-order valence-corrected chi connectivity index (χ0v) is 14.9. The molecule has 2 heterocycles. The van der Waals surface area contributed by atoms with Gasteiger partial charge in [-0.05, 0) is 56.4 Å². The van der Waals surface area contributed by atoms with Gasteiger partial charge in [-0.25, -0.2) is 0 Å². The van der Waals surface area contributed by atoms with Crippen LogP contribution in [0.25, 0.3) is 0 Å². The number of amides is 1. The van der Waals surface area contributed by atoms with Crippen LogP contribution in [0, 0.1) is 13.8 Å². The molecule has 3 nitrogen and oxygen atoms in total. The Morgan fingerprint density at radius 2 is 2.04 bits per heavy atom. The van der Waals surface area contributed by atoms with Crippen LogP contribution >= 0.6 is 0 Å². The van der Waals surface area contributed by atoms with Crippen molar-refractivity contribution in [3.05, 3.63) is 64.5 Å². The second-order valence-electron chi connectivity index (χ2n) is 7.01. The molecule has 2 aromatic rings. The van der Waals surface area contributed by atoms with Gasteiger partial charge in [-0.15, -0.1) is 0 Å². The van der Waals surface area contributed by atoms with Gasteiger partial charge in [0.25, 0.3) is 0 Å². The molecular formula is C21H26N2O. The standard InChI is InChI=1S/C21H26N2O/c1-15-6-4-7-18(10-15)12-19-11-16(2)22-21(13-19)20-8-5-9-23(14-20)17(3)24/h4,6-7,10-11,13,20H,5,8-9,12,14H2,1-3H3/t20-/m1/s1. The maximum Gasteiger partial charge on any atom is 0.219 e. The minimum Gasteiger partial charge on any atom is -0.342 e. The van der Waals surface area contributed by atoms with Gasteiger partial charge in [0.05, 0.1) is 0 Å². The predicted molar refractivity (Wildman–Crippen MR) is 97.2 cm³/mol. The molecule has 126 valence electrons. The highest BCUT2D eigenvalue weighted by atomic mass is 16.2. The van der Waals surface area contributed by atoms with E-state index in [0.29, 0.717) is 5.92 Å². The number of hydrogen-bond donors (Lipinski definition) is 0. The first-order chi connectivity index (χ1) is 11.5. The van der Waals surface area contributed by atoms with E-state index in [0.717, 1.165) is 43.7 Å². The molecule has 0 radical (unpaired) electrons. The normalized spacial score (nSPS) is 17.8. The topological polar surface area (TPSA) is 33.2 Å². The van der Waals surface area contributed by atoms with Gasteiger partial charge >= 0.3 is 0 Å². The van der Waals surface area contributed by atoms with Crippen LogP contribution in [0.5, 0.6) is 0 Å². The Balaban J connectivity index is 1.82. The van der Waals surface area contributed by atoms with Gasteiger partial charge in [0.2, 0.25) is 5.91 Å². The molecule has 0 bridgehead atoms. The highest BCUT2D eigenvalue weighted by Gasteiger charge is 2.24.